The molecule has 0 radical (unpaired) electrons. The van der Waals surface area contributed by atoms with Crippen LogP contribution in [0.15, 0.2) is 22.6 Å². The van der Waals surface area contributed by atoms with Crippen molar-refractivity contribution in [1.29, 1.82) is 0 Å². The highest BCUT2D eigenvalue weighted by atomic mass is 19.4. The minimum absolute atomic E-state index is 0.211. The van der Waals surface area contributed by atoms with E-state index in [1.807, 2.05) is 4.68 Å². The Bertz CT molecular complexity index is 781. The molecule has 2 aliphatic rings. The van der Waals surface area contributed by atoms with Gasteiger partial charge in [-0.25, -0.2) is 4.99 Å². The van der Waals surface area contributed by atoms with Gasteiger partial charge in [0.15, 0.2) is 0 Å². The Hall–Kier alpha value is -2.11. The van der Waals surface area contributed by atoms with E-state index in [0.29, 0.717) is 17.9 Å². The summed E-state index contributed by atoms with van der Waals surface area (Å²) in [5, 5.41) is 9.81. The van der Waals surface area contributed by atoms with E-state index in [-0.39, 0.29) is 11.9 Å². The maximum absolute atomic E-state index is 13.2. The normalized spacial score (nSPS) is 24.1. The van der Waals surface area contributed by atoms with E-state index < -0.39 is 17.5 Å². The van der Waals surface area contributed by atoms with Gasteiger partial charge in [0.2, 0.25) is 5.79 Å². The molecule has 0 aromatic carbocycles. The summed E-state index contributed by atoms with van der Waals surface area (Å²) in [6.07, 6.45) is -0.114. The van der Waals surface area contributed by atoms with Crippen molar-refractivity contribution in [3.05, 3.63) is 28.8 Å². The van der Waals surface area contributed by atoms with Crippen molar-refractivity contribution >= 4 is 6.21 Å². The number of alkyl halides is 3. The largest absolute Gasteiger partial charge is 0.421 e. The van der Waals surface area contributed by atoms with Crippen LogP contribution in [-0.2, 0) is 10.5 Å². The molecule has 1 aromatic rings. The number of ether oxygens (including phenoxy) is 1. The van der Waals surface area contributed by atoms with Crippen LogP contribution >= 0.6 is 0 Å². The second kappa shape index (κ2) is 8.33. The summed E-state index contributed by atoms with van der Waals surface area (Å²) in [7, 11) is 3.10. The third-order valence-electron chi connectivity index (χ3n) is 5.41. The van der Waals surface area contributed by atoms with Crippen molar-refractivity contribution < 1.29 is 17.9 Å². The van der Waals surface area contributed by atoms with Crippen molar-refractivity contribution in [3.63, 3.8) is 0 Å². The molecule has 0 amide bonds. The number of halogens is 3. The number of nitrogens with two attached hydrogens (primary N) is 1. The lowest BCUT2D eigenvalue weighted by molar-refractivity contribution is -0.0875. The molecule has 1 unspecified atom stereocenters. The van der Waals surface area contributed by atoms with Gasteiger partial charge in [0.05, 0.1) is 23.9 Å². The molecule has 1 fully saturated rings. The third kappa shape index (κ3) is 4.57. The molecule has 0 bridgehead atoms. The van der Waals surface area contributed by atoms with Crippen molar-refractivity contribution in [2.45, 2.75) is 37.8 Å². The van der Waals surface area contributed by atoms with E-state index in [9.17, 15) is 13.2 Å². The molecule has 162 valence electrons. The second-order valence-electron chi connectivity index (χ2n) is 7.36. The first-order valence-electron chi connectivity index (χ1n) is 9.57. The molecule has 1 aromatic heterocycles. The predicted octanol–water partition coefficient (Wildman–Crippen LogP) is 1.21. The van der Waals surface area contributed by atoms with Crippen LogP contribution in [0.3, 0.4) is 0 Å². The molecule has 29 heavy (non-hydrogen) atoms. The maximum atomic E-state index is 13.2. The zero-order valence-corrected chi connectivity index (χ0v) is 16.9. The Kier molecular flexibility index (Phi) is 6.20. The maximum Gasteiger partial charge on any atom is 0.421 e. The molecule has 1 atom stereocenters. The third-order valence-corrected chi connectivity index (χ3v) is 5.41. The minimum Gasteiger partial charge on any atom is -0.383 e. The molecular weight excluding hydrogens is 387 g/mol. The number of aromatic nitrogens is 2. The SMILES string of the molecule is CNC1=C(C(F)(F)F)C=NC(N)(c2cn(C3CCN(CCOC)CC3)nc2C)N1. The Labute approximate surface area is 168 Å². The zero-order chi connectivity index (χ0) is 21.2. The van der Waals surface area contributed by atoms with Gasteiger partial charge >= 0.3 is 6.18 Å². The molecular formula is C18H28F3N7O. The van der Waals surface area contributed by atoms with E-state index >= 15 is 0 Å². The molecule has 0 spiro atoms. The number of aryl methyl sites for hydroxylation is 1. The number of nitrogens with zero attached hydrogens (tertiary/aromatic N) is 4. The second-order valence-corrected chi connectivity index (χ2v) is 7.36. The van der Waals surface area contributed by atoms with Gasteiger partial charge in [-0.2, -0.15) is 18.3 Å². The lowest BCUT2D eigenvalue weighted by Crippen LogP contribution is -2.54. The highest BCUT2D eigenvalue weighted by molar-refractivity contribution is 5.82. The zero-order valence-electron chi connectivity index (χ0n) is 16.9. The standard InChI is InChI=1S/C18H28F3N7O/c1-12-15(18(22)24-10-14(17(19,20)21)16(23-2)25-18)11-28(26-12)13-4-6-27(7-5-13)8-9-29-3/h10-11,13,23,25H,4-9,22H2,1-3H3. The number of hydrogen-bond donors (Lipinski definition) is 3. The highest BCUT2D eigenvalue weighted by Gasteiger charge is 2.42. The summed E-state index contributed by atoms with van der Waals surface area (Å²) < 4.78 is 46.5. The summed E-state index contributed by atoms with van der Waals surface area (Å²) in [6.45, 7) is 5.27. The van der Waals surface area contributed by atoms with Crippen LogP contribution in [0.1, 0.15) is 30.1 Å². The Morgan fingerprint density at radius 3 is 2.66 bits per heavy atom. The number of rotatable bonds is 6. The lowest BCUT2D eigenvalue weighted by atomic mass is 10.0. The average Bonchev–Trinajstić information content (AvgIpc) is 3.08. The van der Waals surface area contributed by atoms with E-state index in [1.165, 1.54) is 7.05 Å². The molecule has 11 heteroatoms. The number of piperidine rings is 1. The number of methoxy groups -OCH3 is 1. The smallest absolute Gasteiger partial charge is 0.383 e. The molecule has 3 heterocycles. The topological polar surface area (TPSA) is 92.7 Å². The summed E-state index contributed by atoms with van der Waals surface area (Å²) >= 11 is 0. The van der Waals surface area contributed by atoms with Crippen molar-refractivity contribution in [3.8, 4) is 0 Å². The average molecular weight is 415 g/mol. The fraction of sp³-hybridized carbons (Fsp3) is 0.667. The van der Waals surface area contributed by atoms with Gasteiger partial charge < -0.3 is 20.3 Å². The van der Waals surface area contributed by atoms with Crippen molar-refractivity contribution in [2.75, 3.05) is 40.4 Å². The summed E-state index contributed by atoms with van der Waals surface area (Å²) in [6, 6.07) is 0.211. The van der Waals surface area contributed by atoms with Gasteiger partial charge in [-0.05, 0) is 19.8 Å². The number of allylic oxidation sites excluding steroid dienone is 1. The van der Waals surface area contributed by atoms with Crippen LogP contribution in [0.5, 0.6) is 0 Å². The molecule has 2 aliphatic heterocycles. The van der Waals surface area contributed by atoms with Gasteiger partial charge in [-0.1, -0.05) is 0 Å². The number of aliphatic imine (C=N–C) groups is 1. The van der Waals surface area contributed by atoms with E-state index in [4.69, 9.17) is 10.5 Å². The number of likely N-dealkylation sites (tertiary alicyclic amines) is 1. The van der Waals surface area contributed by atoms with Crippen molar-refractivity contribution in [2.24, 2.45) is 10.7 Å². The Balaban J connectivity index is 1.76. The van der Waals surface area contributed by atoms with Crippen LogP contribution in [0.25, 0.3) is 0 Å². The number of nitrogens with one attached hydrogen (secondary N) is 2. The Morgan fingerprint density at radius 2 is 2.07 bits per heavy atom. The van der Waals surface area contributed by atoms with Crippen LogP contribution < -0.4 is 16.4 Å². The van der Waals surface area contributed by atoms with E-state index in [2.05, 4.69) is 25.6 Å². The predicted molar refractivity (Wildman–Crippen MR) is 103 cm³/mol. The van der Waals surface area contributed by atoms with Gasteiger partial charge in [0, 0.05) is 46.2 Å². The first-order chi connectivity index (χ1) is 13.7. The quantitative estimate of drug-likeness (QED) is 0.647. The van der Waals surface area contributed by atoms with Crippen LogP contribution in [-0.4, -0.2) is 67.5 Å². The number of hydrogen-bond acceptors (Lipinski definition) is 7. The summed E-state index contributed by atoms with van der Waals surface area (Å²) in [5.41, 5.74) is 6.63. The molecule has 0 saturated carbocycles. The van der Waals surface area contributed by atoms with Gasteiger partial charge in [0.25, 0.3) is 0 Å². The Morgan fingerprint density at radius 1 is 1.38 bits per heavy atom. The first kappa shape index (κ1) is 21.6. The molecule has 0 aliphatic carbocycles. The summed E-state index contributed by atoms with van der Waals surface area (Å²) in [4.78, 5) is 6.34. The highest BCUT2D eigenvalue weighted by Crippen LogP contribution is 2.32. The minimum atomic E-state index is -4.54. The lowest BCUT2D eigenvalue weighted by Gasteiger charge is -2.33. The fourth-order valence-corrected chi connectivity index (χ4v) is 3.74. The van der Waals surface area contributed by atoms with Gasteiger partial charge in [0.1, 0.15) is 11.4 Å². The monoisotopic (exact) mass is 415 g/mol. The van der Waals surface area contributed by atoms with Crippen LogP contribution in [0, 0.1) is 6.92 Å². The van der Waals surface area contributed by atoms with Crippen LogP contribution in [0.2, 0.25) is 0 Å². The van der Waals surface area contributed by atoms with Gasteiger partial charge in [-0.15, -0.1) is 0 Å². The summed E-state index contributed by atoms with van der Waals surface area (Å²) in [5.74, 6) is -1.73. The first-order valence-corrected chi connectivity index (χ1v) is 9.57. The van der Waals surface area contributed by atoms with E-state index in [1.54, 1.807) is 20.2 Å². The van der Waals surface area contributed by atoms with E-state index in [0.717, 1.165) is 38.7 Å². The molecule has 8 nitrogen and oxygen atoms in total. The molecule has 4 N–H and O–H groups in total. The van der Waals surface area contributed by atoms with Gasteiger partial charge in [-0.3, -0.25) is 10.4 Å². The van der Waals surface area contributed by atoms with Crippen molar-refractivity contribution in [1.82, 2.24) is 25.3 Å². The molecule has 3 rings (SSSR count). The fourth-order valence-electron chi connectivity index (χ4n) is 3.74. The molecule has 1 saturated heterocycles. The van der Waals surface area contributed by atoms with Crippen LogP contribution in [0.4, 0.5) is 13.2 Å².